The van der Waals surface area contributed by atoms with Crippen LogP contribution in [-0.2, 0) is 4.79 Å². The SMILES string of the molecule is CCC[C@H](N)C(=O)NCC(C)(O)CO. The Kier molecular flexibility index (Phi) is 5.68. The second kappa shape index (κ2) is 5.95. The Morgan fingerprint density at radius 1 is 1.64 bits per heavy atom. The summed E-state index contributed by atoms with van der Waals surface area (Å²) in [5.41, 5.74) is 4.27. The van der Waals surface area contributed by atoms with Gasteiger partial charge in [-0.25, -0.2) is 0 Å². The largest absolute Gasteiger partial charge is 0.393 e. The maximum atomic E-state index is 11.3. The van der Waals surface area contributed by atoms with Gasteiger partial charge in [0, 0.05) is 6.54 Å². The minimum absolute atomic E-state index is 0.0136. The Bertz CT molecular complexity index is 183. The number of aliphatic hydroxyl groups is 2. The van der Waals surface area contributed by atoms with Crippen molar-refractivity contribution < 1.29 is 15.0 Å². The molecule has 14 heavy (non-hydrogen) atoms. The maximum Gasteiger partial charge on any atom is 0.237 e. The third-order valence-electron chi connectivity index (χ3n) is 1.92. The van der Waals surface area contributed by atoms with Gasteiger partial charge in [-0.3, -0.25) is 4.79 Å². The van der Waals surface area contributed by atoms with E-state index in [0.29, 0.717) is 6.42 Å². The summed E-state index contributed by atoms with van der Waals surface area (Å²) in [5.74, 6) is -0.291. The number of nitrogens with two attached hydrogens (primary N) is 1. The van der Waals surface area contributed by atoms with E-state index in [4.69, 9.17) is 10.8 Å². The lowest BCUT2D eigenvalue weighted by molar-refractivity contribution is -0.124. The van der Waals surface area contributed by atoms with E-state index in [1.807, 2.05) is 6.92 Å². The summed E-state index contributed by atoms with van der Waals surface area (Å²) >= 11 is 0. The third kappa shape index (κ3) is 5.16. The molecular formula is C9H20N2O3. The second-order valence-corrected chi connectivity index (χ2v) is 3.77. The average molecular weight is 204 g/mol. The van der Waals surface area contributed by atoms with E-state index in [2.05, 4.69) is 5.32 Å². The van der Waals surface area contributed by atoms with E-state index >= 15 is 0 Å². The Morgan fingerprint density at radius 3 is 2.64 bits per heavy atom. The quantitative estimate of drug-likeness (QED) is 0.445. The van der Waals surface area contributed by atoms with Gasteiger partial charge in [0.25, 0.3) is 0 Å². The zero-order chi connectivity index (χ0) is 11.2. The van der Waals surface area contributed by atoms with Gasteiger partial charge in [-0.2, -0.15) is 0 Å². The van der Waals surface area contributed by atoms with Gasteiger partial charge in [0.2, 0.25) is 5.91 Å². The summed E-state index contributed by atoms with van der Waals surface area (Å²) in [6.45, 7) is 3.01. The van der Waals surface area contributed by atoms with Gasteiger partial charge in [0.15, 0.2) is 0 Å². The van der Waals surface area contributed by atoms with Crippen LogP contribution in [0.3, 0.4) is 0 Å². The first-order valence-electron chi connectivity index (χ1n) is 4.79. The molecule has 0 aliphatic heterocycles. The Labute approximate surface area is 84.3 Å². The number of hydrogen-bond acceptors (Lipinski definition) is 4. The first kappa shape index (κ1) is 13.4. The van der Waals surface area contributed by atoms with E-state index in [9.17, 15) is 9.90 Å². The number of hydrogen-bond donors (Lipinski definition) is 4. The summed E-state index contributed by atoms with van der Waals surface area (Å²) in [7, 11) is 0. The monoisotopic (exact) mass is 204 g/mol. The number of carbonyl (C=O) groups is 1. The summed E-state index contributed by atoms with van der Waals surface area (Å²) < 4.78 is 0. The first-order chi connectivity index (χ1) is 6.43. The van der Waals surface area contributed by atoms with Crippen molar-refractivity contribution >= 4 is 5.91 Å². The van der Waals surface area contributed by atoms with Crippen molar-refractivity contribution in [3.05, 3.63) is 0 Å². The molecule has 0 aromatic heterocycles. The van der Waals surface area contributed by atoms with E-state index < -0.39 is 18.2 Å². The van der Waals surface area contributed by atoms with Gasteiger partial charge in [-0.1, -0.05) is 13.3 Å². The van der Waals surface area contributed by atoms with Crippen LogP contribution in [0.25, 0.3) is 0 Å². The highest BCUT2D eigenvalue weighted by atomic mass is 16.3. The summed E-state index contributed by atoms with van der Waals surface area (Å²) in [6.07, 6.45) is 1.46. The van der Waals surface area contributed by atoms with E-state index in [-0.39, 0.29) is 12.5 Å². The molecule has 0 aromatic carbocycles. The molecule has 5 heteroatoms. The molecule has 0 rings (SSSR count). The van der Waals surface area contributed by atoms with E-state index in [0.717, 1.165) is 6.42 Å². The standard InChI is InChI=1S/C9H20N2O3/c1-3-4-7(10)8(13)11-5-9(2,14)6-12/h7,12,14H,3-6,10H2,1-2H3,(H,11,13)/t7-,9?/m0/s1. The van der Waals surface area contributed by atoms with Crippen molar-refractivity contribution in [3.8, 4) is 0 Å². The molecule has 0 spiro atoms. The van der Waals surface area contributed by atoms with Crippen molar-refractivity contribution in [2.45, 2.75) is 38.3 Å². The van der Waals surface area contributed by atoms with Crippen molar-refractivity contribution in [2.24, 2.45) is 5.73 Å². The van der Waals surface area contributed by atoms with Gasteiger partial charge < -0.3 is 21.3 Å². The molecule has 5 nitrogen and oxygen atoms in total. The van der Waals surface area contributed by atoms with E-state index in [1.165, 1.54) is 6.92 Å². The molecule has 0 fully saturated rings. The van der Waals surface area contributed by atoms with Crippen molar-refractivity contribution in [2.75, 3.05) is 13.2 Å². The molecule has 0 aliphatic carbocycles. The minimum Gasteiger partial charge on any atom is -0.393 e. The van der Waals surface area contributed by atoms with Crippen molar-refractivity contribution in [3.63, 3.8) is 0 Å². The van der Waals surface area contributed by atoms with Crippen LogP contribution >= 0.6 is 0 Å². The predicted molar refractivity (Wildman–Crippen MR) is 53.6 cm³/mol. The molecule has 0 heterocycles. The molecule has 2 atom stereocenters. The Hall–Kier alpha value is -0.650. The van der Waals surface area contributed by atoms with Gasteiger partial charge in [0.05, 0.1) is 12.6 Å². The number of rotatable bonds is 6. The lowest BCUT2D eigenvalue weighted by atomic mass is 10.1. The fourth-order valence-electron chi connectivity index (χ4n) is 0.907. The second-order valence-electron chi connectivity index (χ2n) is 3.77. The van der Waals surface area contributed by atoms with Crippen LogP contribution in [-0.4, -0.2) is 40.9 Å². The van der Waals surface area contributed by atoms with Crippen LogP contribution in [0.4, 0.5) is 0 Å². The fraction of sp³-hybridized carbons (Fsp3) is 0.889. The molecule has 1 amide bonds. The Balaban J connectivity index is 3.84. The van der Waals surface area contributed by atoms with Crippen LogP contribution in [0.15, 0.2) is 0 Å². The van der Waals surface area contributed by atoms with Gasteiger partial charge >= 0.3 is 0 Å². The van der Waals surface area contributed by atoms with Crippen LogP contribution in [0.2, 0.25) is 0 Å². The zero-order valence-corrected chi connectivity index (χ0v) is 8.79. The predicted octanol–water partition coefficient (Wildman–Crippen LogP) is -1.03. The maximum absolute atomic E-state index is 11.3. The number of carbonyl (C=O) groups excluding carboxylic acids is 1. The number of nitrogens with one attached hydrogen (secondary N) is 1. The van der Waals surface area contributed by atoms with Crippen LogP contribution in [0.1, 0.15) is 26.7 Å². The average Bonchev–Trinajstić information content (AvgIpc) is 2.15. The zero-order valence-electron chi connectivity index (χ0n) is 8.79. The molecule has 0 radical (unpaired) electrons. The first-order valence-corrected chi connectivity index (χ1v) is 4.79. The highest BCUT2D eigenvalue weighted by Crippen LogP contribution is 1.99. The van der Waals surface area contributed by atoms with E-state index in [1.54, 1.807) is 0 Å². The highest BCUT2D eigenvalue weighted by molar-refractivity contribution is 5.81. The topological polar surface area (TPSA) is 95.6 Å². The molecule has 0 saturated carbocycles. The van der Waals surface area contributed by atoms with Crippen molar-refractivity contribution in [1.29, 1.82) is 0 Å². The van der Waals surface area contributed by atoms with Gasteiger partial charge in [-0.15, -0.1) is 0 Å². The molecule has 1 unspecified atom stereocenters. The molecule has 0 bridgehead atoms. The van der Waals surface area contributed by atoms with Crippen LogP contribution < -0.4 is 11.1 Å². The van der Waals surface area contributed by atoms with Crippen LogP contribution in [0.5, 0.6) is 0 Å². The van der Waals surface area contributed by atoms with Crippen LogP contribution in [0, 0.1) is 0 Å². The molecular weight excluding hydrogens is 184 g/mol. The van der Waals surface area contributed by atoms with Crippen molar-refractivity contribution in [1.82, 2.24) is 5.32 Å². The summed E-state index contributed by atoms with van der Waals surface area (Å²) in [4.78, 5) is 11.3. The molecule has 0 aromatic rings. The fourth-order valence-corrected chi connectivity index (χ4v) is 0.907. The number of aliphatic hydroxyl groups excluding tert-OH is 1. The normalized spacial score (nSPS) is 17.2. The lowest BCUT2D eigenvalue weighted by Crippen LogP contribution is -2.48. The number of amides is 1. The Morgan fingerprint density at radius 2 is 2.21 bits per heavy atom. The van der Waals surface area contributed by atoms with Gasteiger partial charge in [-0.05, 0) is 13.3 Å². The molecule has 84 valence electrons. The molecule has 0 aliphatic rings. The molecule has 0 saturated heterocycles. The minimum atomic E-state index is -1.28. The third-order valence-corrected chi connectivity index (χ3v) is 1.92. The highest BCUT2D eigenvalue weighted by Gasteiger charge is 2.21. The molecule has 5 N–H and O–H groups in total. The lowest BCUT2D eigenvalue weighted by Gasteiger charge is -2.21. The smallest absolute Gasteiger partial charge is 0.237 e. The summed E-state index contributed by atoms with van der Waals surface area (Å²) in [5, 5.41) is 20.6. The summed E-state index contributed by atoms with van der Waals surface area (Å²) in [6, 6.07) is -0.533. The van der Waals surface area contributed by atoms with Gasteiger partial charge in [0.1, 0.15) is 5.60 Å².